The fourth-order valence-electron chi connectivity index (χ4n) is 0.968. The Bertz CT molecular complexity index is 383. The largest absolute Gasteiger partial charge is 3.00 e. The van der Waals surface area contributed by atoms with Crippen LogP contribution >= 0.6 is 0 Å². The number of hydrogen-bond donors (Lipinski definition) is 3. The number of aliphatic carboxylic acids is 3. The second kappa shape index (κ2) is 6.93. The van der Waals surface area contributed by atoms with E-state index in [9.17, 15) is 29.7 Å². The predicted octanol–water partition coefficient (Wildman–Crippen LogP) is -5.60. The monoisotopic (exact) mass is 330 g/mol. The molecule has 10 heteroatoms. The van der Waals surface area contributed by atoms with E-state index in [-0.39, 0.29) is 17.4 Å². The number of carboxylic acids is 3. The number of carbonyl (C=O) groups is 3. The number of hydrogen-bond acceptors (Lipinski definition) is 9. The topological polar surface area (TPSA) is 181 Å². The van der Waals surface area contributed by atoms with Crippen LogP contribution in [0.5, 0.6) is 0 Å². The number of aliphatic hydroxyl groups is 3. The van der Waals surface area contributed by atoms with E-state index in [2.05, 4.69) is 0 Å². The van der Waals surface area contributed by atoms with Crippen LogP contribution in [0.25, 0.3) is 0 Å². The summed E-state index contributed by atoms with van der Waals surface area (Å²) in [6.45, 7) is 0. The molecule has 0 aromatic rings. The molecule has 0 aromatic carbocycles. The molecule has 9 nitrogen and oxygen atoms in total. The predicted molar refractivity (Wildman–Crippen MR) is 63.3 cm³/mol. The Labute approximate surface area is 136 Å². The summed E-state index contributed by atoms with van der Waals surface area (Å²) in [6.07, 6.45) is 2.14. The fourth-order valence-corrected chi connectivity index (χ4v) is 0.968. The molecular weight excluding hydrogens is 315 g/mol. The quantitative estimate of drug-likeness (QED) is 0.425. The summed E-state index contributed by atoms with van der Waals surface area (Å²) in [4.78, 5) is 29.2. The van der Waals surface area contributed by atoms with Crippen molar-refractivity contribution in [1.29, 1.82) is 0 Å². The minimum Gasteiger partial charge on any atom is -0.547 e. The van der Waals surface area contributed by atoms with Gasteiger partial charge in [-0.3, -0.25) is 0 Å². The van der Waals surface area contributed by atoms with Gasteiger partial charge in [0.05, 0.1) is 17.9 Å². The molecule has 0 atom stereocenters. The maximum Gasteiger partial charge on any atom is 3.00 e. The van der Waals surface area contributed by atoms with Crippen molar-refractivity contribution in [3.8, 4) is 0 Å². The zero-order valence-electron chi connectivity index (χ0n) is 11.6. The Morgan fingerprint density at radius 1 is 0.591 bits per heavy atom. The summed E-state index contributed by atoms with van der Waals surface area (Å²) < 4.78 is 0. The van der Waals surface area contributed by atoms with Gasteiger partial charge in [-0.25, -0.2) is 0 Å². The molecule has 3 N–H and O–H groups in total. The molecular formula is C12H15AlO9. The van der Waals surface area contributed by atoms with Crippen LogP contribution in [0.4, 0.5) is 0 Å². The maximum absolute atomic E-state index is 9.72. The average Bonchev–Trinajstić information content (AvgIpc) is 3.20. The Morgan fingerprint density at radius 3 is 0.727 bits per heavy atom. The van der Waals surface area contributed by atoms with Crippen molar-refractivity contribution < 1.29 is 45.0 Å². The number of carbonyl (C=O) groups excluding carboxylic acids is 3. The van der Waals surface area contributed by atoms with Gasteiger partial charge in [-0.15, -0.1) is 0 Å². The van der Waals surface area contributed by atoms with Gasteiger partial charge in [-0.05, 0) is 38.5 Å². The second-order valence-corrected chi connectivity index (χ2v) is 5.46. The molecule has 0 spiro atoms. The van der Waals surface area contributed by atoms with Gasteiger partial charge < -0.3 is 45.0 Å². The van der Waals surface area contributed by atoms with E-state index in [1.54, 1.807) is 0 Å². The minimum atomic E-state index is -1.44. The third-order valence-corrected chi connectivity index (χ3v) is 3.31. The van der Waals surface area contributed by atoms with Gasteiger partial charge in [0, 0.05) is 0 Å². The smallest absolute Gasteiger partial charge is 0.547 e. The Balaban J connectivity index is 0.000000294. The van der Waals surface area contributed by atoms with Crippen molar-refractivity contribution in [2.75, 3.05) is 0 Å². The van der Waals surface area contributed by atoms with Crippen molar-refractivity contribution in [1.82, 2.24) is 0 Å². The summed E-state index contributed by atoms with van der Waals surface area (Å²) in [5, 5.41) is 54.8. The molecule has 3 saturated carbocycles. The van der Waals surface area contributed by atoms with E-state index in [0.717, 1.165) is 0 Å². The van der Waals surface area contributed by atoms with Gasteiger partial charge in [0.15, 0.2) is 0 Å². The molecule has 0 aromatic heterocycles. The van der Waals surface area contributed by atoms with E-state index >= 15 is 0 Å². The molecule has 3 fully saturated rings. The molecule has 0 aliphatic heterocycles. The van der Waals surface area contributed by atoms with Crippen LogP contribution in [0.1, 0.15) is 38.5 Å². The summed E-state index contributed by atoms with van der Waals surface area (Å²) >= 11 is 0. The van der Waals surface area contributed by atoms with Crippen molar-refractivity contribution >= 4 is 35.3 Å². The molecule has 0 saturated heterocycles. The zero-order valence-corrected chi connectivity index (χ0v) is 12.8. The van der Waals surface area contributed by atoms with E-state index in [1.165, 1.54) is 0 Å². The SMILES string of the molecule is O=C([O-])C1(O)CC1.O=C([O-])C1(O)CC1.O=C([O-])C1(O)CC1.[Al+3]. The van der Waals surface area contributed by atoms with E-state index in [0.29, 0.717) is 38.5 Å². The molecule has 3 rings (SSSR count). The molecule has 120 valence electrons. The van der Waals surface area contributed by atoms with Crippen molar-refractivity contribution in [3.63, 3.8) is 0 Å². The van der Waals surface area contributed by atoms with Gasteiger partial charge in [0.25, 0.3) is 0 Å². The van der Waals surface area contributed by atoms with Crippen LogP contribution in [0.15, 0.2) is 0 Å². The van der Waals surface area contributed by atoms with Gasteiger partial charge in [0.2, 0.25) is 0 Å². The molecule has 0 radical (unpaired) electrons. The molecule has 0 unspecified atom stereocenters. The third-order valence-electron chi connectivity index (χ3n) is 3.31. The molecule has 22 heavy (non-hydrogen) atoms. The zero-order chi connectivity index (χ0) is 16.5. The van der Waals surface area contributed by atoms with Crippen LogP contribution in [-0.4, -0.2) is 67.4 Å². The van der Waals surface area contributed by atoms with Gasteiger partial charge in [-0.2, -0.15) is 0 Å². The summed E-state index contributed by atoms with van der Waals surface area (Å²) in [7, 11) is 0. The average molecular weight is 330 g/mol. The molecule has 3 aliphatic carbocycles. The maximum atomic E-state index is 9.72. The number of carboxylic acid groups (broad SMARTS) is 3. The molecule has 0 heterocycles. The first-order chi connectivity index (χ1) is 9.45. The van der Waals surface area contributed by atoms with Crippen LogP contribution in [0.2, 0.25) is 0 Å². The summed E-state index contributed by atoms with van der Waals surface area (Å²) in [6, 6.07) is 0. The van der Waals surface area contributed by atoms with Crippen LogP contribution in [0.3, 0.4) is 0 Å². The minimum absolute atomic E-state index is 0. The normalized spacial score (nSPS) is 23.0. The first kappa shape index (κ1) is 20.8. The summed E-state index contributed by atoms with van der Waals surface area (Å²) in [5.41, 5.74) is -4.33. The van der Waals surface area contributed by atoms with Gasteiger partial charge >= 0.3 is 17.4 Å². The van der Waals surface area contributed by atoms with Crippen molar-refractivity contribution in [3.05, 3.63) is 0 Å². The standard InChI is InChI=1S/3C4H6O3.Al/c3*5-3(6)4(7)1-2-4;/h3*7H,1-2H2,(H,5,6);/q;;;+3/p-3. The first-order valence-electron chi connectivity index (χ1n) is 6.27. The Hall–Kier alpha value is -1.18. The molecule has 0 amide bonds. The third kappa shape index (κ3) is 5.90. The second-order valence-electron chi connectivity index (χ2n) is 5.46. The Kier molecular flexibility index (Phi) is 6.56. The summed E-state index contributed by atoms with van der Waals surface area (Å²) in [5.74, 6) is -4.02. The van der Waals surface area contributed by atoms with Crippen LogP contribution in [0, 0.1) is 0 Å². The van der Waals surface area contributed by atoms with Gasteiger partial charge in [0.1, 0.15) is 16.8 Å². The van der Waals surface area contributed by atoms with Crippen molar-refractivity contribution in [2.45, 2.75) is 55.3 Å². The number of rotatable bonds is 3. The van der Waals surface area contributed by atoms with E-state index in [1.807, 2.05) is 0 Å². The Morgan fingerprint density at radius 2 is 0.727 bits per heavy atom. The first-order valence-corrected chi connectivity index (χ1v) is 6.27. The fraction of sp³-hybridized carbons (Fsp3) is 0.750. The van der Waals surface area contributed by atoms with Crippen LogP contribution in [-0.2, 0) is 14.4 Å². The van der Waals surface area contributed by atoms with E-state index in [4.69, 9.17) is 15.3 Å². The van der Waals surface area contributed by atoms with Crippen LogP contribution < -0.4 is 15.3 Å². The molecule has 3 aliphatic rings. The molecule has 0 bridgehead atoms. The van der Waals surface area contributed by atoms with E-state index < -0.39 is 34.7 Å². The van der Waals surface area contributed by atoms with Crippen molar-refractivity contribution in [2.24, 2.45) is 0 Å². The van der Waals surface area contributed by atoms with Gasteiger partial charge in [-0.1, -0.05) is 0 Å².